The number of carbonyl (C=O) groups excluding carboxylic acids is 2. The standard InChI is InChI=1S/C14H19N3O2/c1-16(2)14(19)12-3-4-13(15-9-12)17-7-5-11(10-18)6-8-17/h3-4,9-11H,5-8H2,1-2H3. The van der Waals surface area contributed by atoms with Gasteiger partial charge in [-0.1, -0.05) is 0 Å². The second-order valence-electron chi connectivity index (χ2n) is 5.07. The molecule has 1 saturated heterocycles. The Balaban J connectivity index is 2.03. The average molecular weight is 261 g/mol. The summed E-state index contributed by atoms with van der Waals surface area (Å²) in [6, 6.07) is 3.68. The van der Waals surface area contributed by atoms with Gasteiger partial charge in [-0.3, -0.25) is 4.79 Å². The molecular weight excluding hydrogens is 242 g/mol. The van der Waals surface area contributed by atoms with Crippen LogP contribution < -0.4 is 4.90 Å². The number of rotatable bonds is 3. The van der Waals surface area contributed by atoms with Gasteiger partial charge in [0.1, 0.15) is 12.1 Å². The van der Waals surface area contributed by atoms with Crippen LogP contribution in [-0.2, 0) is 4.79 Å². The molecule has 0 spiro atoms. The summed E-state index contributed by atoms with van der Waals surface area (Å²) in [5.41, 5.74) is 0.594. The average Bonchev–Trinajstić information content (AvgIpc) is 2.46. The van der Waals surface area contributed by atoms with E-state index in [-0.39, 0.29) is 11.8 Å². The summed E-state index contributed by atoms with van der Waals surface area (Å²) in [6.45, 7) is 1.69. The van der Waals surface area contributed by atoms with Crippen molar-refractivity contribution in [2.45, 2.75) is 12.8 Å². The smallest absolute Gasteiger partial charge is 0.254 e. The number of aldehydes is 1. The number of carbonyl (C=O) groups is 2. The lowest BCUT2D eigenvalue weighted by Crippen LogP contribution is -2.34. The fraction of sp³-hybridized carbons (Fsp3) is 0.500. The van der Waals surface area contributed by atoms with Crippen molar-refractivity contribution in [3.05, 3.63) is 23.9 Å². The second kappa shape index (κ2) is 5.82. The van der Waals surface area contributed by atoms with Gasteiger partial charge in [0.15, 0.2) is 0 Å². The third-order valence-corrected chi connectivity index (χ3v) is 3.46. The van der Waals surface area contributed by atoms with Gasteiger partial charge in [0.2, 0.25) is 0 Å². The van der Waals surface area contributed by atoms with Crippen LogP contribution >= 0.6 is 0 Å². The summed E-state index contributed by atoms with van der Waals surface area (Å²) in [6.07, 6.45) is 4.42. The summed E-state index contributed by atoms with van der Waals surface area (Å²) in [7, 11) is 3.45. The number of hydrogen-bond acceptors (Lipinski definition) is 4. The fourth-order valence-electron chi connectivity index (χ4n) is 2.22. The predicted molar refractivity (Wildman–Crippen MR) is 73.3 cm³/mol. The second-order valence-corrected chi connectivity index (χ2v) is 5.07. The molecule has 1 aliphatic heterocycles. The van der Waals surface area contributed by atoms with E-state index in [9.17, 15) is 9.59 Å². The Labute approximate surface area is 113 Å². The van der Waals surface area contributed by atoms with E-state index in [1.807, 2.05) is 6.07 Å². The zero-order chi connectivity index (χ0) is 13.8. The molecule has 0 N–H and O–H groups in total. The summed E-state index contributed by atoms with van der Waals surface area (Å²) < 4.78 is 0. The number of nitrogens with zero attached hydrogens (tertiary/aromatic N) is 3. The molecule has 1 aliphatic rings. The quantitative estimate of drug-likeness (QED) is 0.767. The van der Waals surface area contributed by atoms with Crippen LogP contribution in [0, 0.1) is 5.92 Å². The van der Waals surface area contributed by atoms with E-state index in [0.29, 0.717) is 5.56 Å². The van der Waals surface area contributed by atoms with Gasteiger partial charge in [0, 0.05) is 39.3 Å². The molecule has 0 aromatic carbocycles. The normalized spacial score (nSPS) is 16.2. The monoisotopic (exact) mass is 261 g/mol. The minimum atomic E-state index is -0.0429. The van der Waals surface area contributed by atoms with Crippen molar-refractivity contribution in [3.8, 4) is 0 Å². The van der Waals surface area contributed by atoms with Gasteiger partial charge < -0.3 is 14.6 Å². The molecule has 102 valence electrons. The summed E-state index contributed by atoms with van der Waals surface area (Å²) in [4.78, 5) is 30.5. The lowest BCUT2D eigenvalue weighted by molar-refractivity contribution is -0.111. The minimum absolute atomic E-state index is 0.0429. The number of amides is 1. The molecule has 19 heavy (non-hydrogen) atoms. The van der Waals surface area contributed by atoms with Crippen LogP contribution in [0.2, 0.25) is 0 Å². The zero-order valence-corrected chi connectivity index (χ0v) is 11.4. The molecule has 1 fully saturated rings. The van der Waals surface area contributed by atoms with Gasteiger partial charge in [-0.25, -0.2) is 4.98 Å². The van der Waals surface area contributed by atoms with Gasteiger partial charge in [0.05, 0.1) is 5.56 Å². The molecule has 0 saturated carbocycles. The van der Waals surface area contributed by atoms with Gasteiger partial charge in [-0.2, -0.15) is 0 Å². The SMILES string of the molecule is CN(C)C(=O)c1ccc(N2CCC(C=O)CC2)nc1. The van der Waals surface area contributed by atoms with Crippen LogP contribution in [0.3, 0.4) is 0 Å². The topological polar surface area (TPSA) is 53.5 Å². The van der Waals surface area contributed by atoms with Crippen molar-refractivity contribution in [3.63, 3.8) is 0 Å². The van der Waals surface area contributed by atoms with Gasteiger partial charge >= 0.3 is 0 Å². The number of pyridine rings is 1. The first-order valence-corrected chi connectivity index (χ1v) is 6.49. The lowest BCUT2D eigenvalue weighted by Gasteiger charge is -2.30. The van der Waals surface area contributed by atoms with Crippen LogP contribution in [0.5, 0.6) is 0 Å². The van der Waals surface area contributed by atoms with Gasteiger partial charge in [-0.15, -0.1) is 0 Å². The highest BCUT2D eigenvalue weighted by molar-refractivity contribution is 5.93. The van der Waals surface area contributed by atoms with E-state index < -0.39 is 0 Å². The van der Waals surface area contributed by atoms with E-state index in [4.69, 9.17) is 0 Å². The van der Waals surface area contributed by atoms with E-state index in [1.54, 1.807) is 26.4 Å². The Morgan fingerprint density at radius 3 is 2.53 bits per heavy atom. The van der Waals surface area contributed by atoms with Crippen LogP contribution in [0.25, 0.3) is 0 Å². The first kappa shape index (κ1) is 13.5. The molecule has 1 aromatic heterocycles. The maximum Gasteiger partial charge on any atom is 0.254 e. The first-order valence-electron chi connectivity index (χ1n) is 6.49. The Morgan fingerprint density at radius 2 is 2.05 bits per heavy atom. The van der Waals surface area contributed by atoms with Crippen molar-refractivity contribution in [1.82, 2.24) is 9.88 Å². The molecule has 5 heteroatoms. The lowest BCUT2D eigenvalue weighted by atomic mass is 9.99. The molecule has 0 unspecified atom stereocenters. The highest BCUT2D eigenvalue weighted by Crippen LogP contribution is 2.20. The molecule has 0 radical (unpaired) electrons. The molecule has 0 bridgehead atoms. The molecule has 2 rings (SSSR count). The van der Waals surface area contributed by atoms with E-state index in [1.165, 1.54) is 4.90 Å². The van der Waals surface area contributed by atoms with E-state index >= 15 is 0 Å². The van der Waals surface area contributed by atoms with Crippen LogP contribution in [0.1, 0.15) is 23.2 Å². The molecular formula is C14H19N3O2. The van der Waals surface area contributed by atoms with Crippen molar-refractivity contribution < 1.29 is 9.59 Å². The van der Waals surface area contributed by atoms with Crippen LogP contribution in [0.15, 0.2) is 18.3 Å². The Kier molecular flexibility index (Phi) is 4.14. The first-order chi connectivity index (χ1) is 9.11. The number of aromatic nitrogens is 1. The van der Waals surface area contributed by atoms with Crippen molar-refractivity contribution in [1.29, 1.82) is 0 Å². The predicted octanol–water partition coefficient (Wildman–Crippen LogP) is 1.20. The Bertz CT molecular complexity index is 448. The third kappa shape index (κ3) is 3.10. The maximum absolute atomic E-state index is 11.7. The molecule has 1 amide bonds. The zero-order valence-electron chi connectivity index (χ0n) is 11.4. The largest absolute Gasteiger partial charge is 0.357 e. The third-order valence-electron chi connectivity index (χ3n) is 3.46. The molecule has 5 nitrogen and oxygen atoms in total. The van der Waals surface area contributed by atoms with E-state index in [2.05, 4.69) is 9.88 Å². The molecule has 0 aliphatic carbocycles. The summed E-state index contributed by atoms with van der Waals surface area (Å²) >= 11 is 0. The highest BCUT2D eigenvalue weighted by Gasteiger charge is 2.19. The Morgan fingerprint density at radius 1 is 1.37 bits per heavy atom. The fourth-order valence-corrected chi connectivity index (χ4v) is 2.22. The number of piperidine rings is 1. The van der Waals surface area contributed by atoms with Crippen molar-refractivity contribution >= 4 is 18.0 Å². The summed E-state index contributed by atoms with van der Waals surface area (Å²) in [5, 5.41) is 0. The minimum Gasteiger partial charge on any atom is -0.357 e. The molecule has 1 aromatic rings. The highest BCUT2D eigenvalue weighted by atomic mass is 16.2. The van der Waals surface area contributed by atoms with Gasteiger partial charge in [0.25, 0.3) is 5.91 Å². The maximum atomic E-state index is 11.7. The van der Waals surface area contributed by atoms with Crippen LogP contribution in [0.4, 0.5) is 5.82 Å². The van der Waals surface area contributed by atoms with Gasteiger partial charge in [-0.05, 0) is 25.0 Å². The van der Waals surface area contributed by atoms with Crippen molar-refractivity contribution in [2.24, 2.45) is 5.92 Å². The summed E-state index contributed by atoms with van der Waals surface area (Å²) in [5.74, 6) is 1.02. The molecule has 2 heterocycles. The number of hydrogen-bond donors (Lipinski definition) is 0. The molecule has 0 atom stereocenters. The van der Waals surface area contributed by atoms with E-state index in [0.717, 1.165) is 38.0 Å². The Hall–Kier alpha value is -1.91. The van der Waals surface area contributed by atoms with Crippen molar-refractivity contribution in [2.75, 3.05) is 32.1 Å². The van der Waals surface area contributed by atoms with Crippen LogP contribution in [-0.4, -0.2) is 49.3 Å². The number of anilines is 1.